The van der Waals surface area contributed by atoms with Gasteiger partial charge in [0.25, 0.3) is 0 Å². The molecule has 0 heterocycles. The quantitative estimate of drug-likeness (QED) is 0.851. The molecule has 0 aliphatic rings. The highest BCUT2D eigenvalue weighted by Gasteiger charge is 2.04. The van der Waals surface area contributed by atoms with E-state index in [4.69, 9.17) is 27.9 Å². The van der Waals surface area contributed by atoms with Crippen LogP contribution in [0.25, 0.3) is 0 Å². The molecule has 0 aliphatic carbocycles. The van der Waals surface area contributed by atoms with E-state index < -0.39 is 0 Å². The summed E-state index contributed by atoms with van der Waals surface area (Å²) >= 11 is 11.3. The van der Waals surface area contributed by atoms with Crippen LogP contribution in [0.2, 0.25) is 0 Å². The maximum Gasteiger partial charge on any atom is 0.125 e. The Hall–Kier alpha value is -0.700. The van der Waals surface area contributed by atoms with Gasteiger partial charge in [-0.1, -0.05) is 47.8 Å². The SMILES string of the molecule is CCNCc1cc(C)ccc1OCC(Cl)=CCl. The van der Waals surface area contributed by atoms with Gasteiger partial charge < -0.3 is 10.1 Å². The molecule has 4 heteroatoms. The minimum atomic E-state index is 0.299. The van der Waals surface area contributed by atoms with E-state index in [1.165, 1.54) is 11.1 Å². The Kier molecular flexibility index (Phi) is 6.41. The van der Waals surface area contributed by atoms with E-state index in [9.17, 15) is 0 Å². The normalized spacial score (nSPS) is 11.6. The molecule has 94 valence electrons. The molecule has 0 fully saturated rings. The summed E-state index contributed by atoms with van der Waals surface area (Å²) < 4.78 is 5.62. The lowest BCUT2D eigenvalue weighted by molar-refractivity contribution is 0.354. The lowest BCUT2D eigenvalue weighted by atomic mass is 10.1. The van der Waals surface area contributed by atoms with Crippen molar-refractivity contribution in [2.45, 2.75) is 20.4 Å². The first-order valence-electron chi connectivity index (χ1n) is 5.55. The second-order valence-corrected chi connectivity index (χ2v) is 4.44. The first-order chi connectivity index (χ1) is 8.17. The summed E-state index contributed by atoms with van der Waals surface area (Å²) in [6.45, 7) is 6.15. The monoisotopic (exact) mass is 273 g/mol. The highest BCUT2D eigenvalue weighted by atomic mass is 35.5. The zero-order valence-electron chi connectivity index (χ0n) is 10.1. The summed E-state index contributed by atoms with van der Waals surface area (Å²) in [7, 11) is 0. The van der Waals surface area contributed by atoms with Crippen LogP contribution in [0.15, 0.2) is 28.8 Å². The van der Waals surface area contributed by atoms with Crippen molar-refractivity contribution < 1.29 is 4.74 Å². The zero-order valence-corrected chi connectivity index (χ0v) is 11.6. The zero-order chi connectivity index (χ0) is 12.7. The molecule has 0 unspecified atom stereocenters. The van der Waals surface area contributed by atoms with Gasteiger partial charge in [-0.3, -0.25) is 0 Å². The van der Waals surface area contributed by atoms with Crippen molar-refractivity contribution in [1.82, 2.24) is 5.32 Å². The van der Waals surface area contributed by atoms with Crippen LogP contribution >= 0.6 is 23.2 Å². The van der Waals surface area contributed by atoms with E-state index in [0.717, 1.165) is 24.4 Å². The van der Waals surface area contributed by atoms with E-state index in [0.29, 0.717) is 11.6 Å². The van der Waals surface area contributed by atoms with Crippen molar-refractivity contribution in [3.63, 3.8) is 0 Å². The van der Waals surface area contributed by atoms with Crippen LogP contribution in [0.3, 0.4) is 0 Å². The first kappa shape index (κ1) is 14.4. The lowest BCUT2D eigenvalue weighted by Gasteiger charge is -2.12. The predicted molar refractivity (Wildman–Crippen MR) is 73.8 cm³/mol. The Morgan fingerprint density at radius 2 is 2.24 bits per heavy atom. The number of rotatable bonds is 6. The minimum absolute atomic E-state index is 0.299. The summed E-state index contributed by atoms with van der Waals surface area (Å²) in [5.74, 6) is 0.841. The number of ether oxygens (including phenoxy) is 1. The van der Waals surface area contributed by atoms with Crippen molar-refractivity contribution in [3.05, 3.63) is 39.9 Å². The maximum atomic E-state index is 5.79. The van der Waals surface area contributed by atoms with Gasteiger partial charge in [-0.05, 0) is 19.5 Å². The van der Waals surface area contributed by atoms with Gasteiger partial charge in [0.1, 0.15) is 12.4 Å². The van der Waals surface area contributed by atoms with Crippen LogP contribution in [0.4, 0.5) is 0 Å². The molecule has 0 saturated carbocycles. The summed E-state index contributed by atoms with van der Waals surface area (Å²) in [6, 6.07) is 6.08. The molecular formula is C13H17Cl2NO. The number of aryl methyl sites for hydroxylation is 1. The van der Waals surface area contributed by atoms with Crippen LogP contribution in [0.1, 0.15) is 18.1 Å². The summed E-state index contributed by atoms with van der Waals surface area (Å²) in [6.07, 6.45) is 0. The molecule has 1 aromatic carbocycles. The van der Waals surface area contributed by atoms with Crippen LogP contribution in [-0.2, 0) is 6.54 Å². The topological polar surface area (TPSA) is 21.3 Å². The van der Waals surface area contributed by atoms with Gasteiger partial charge in [0.15, 0.2) is 0 Å². The van der Waals surface area contributed by atoms with Gasteiger partial charge in [0.05, 0.1) is 5.03 Å². The average molecular weight is 274 g/mol. The first-order valence-corrected chi connectivity index (χ1v) is 6.36. The Labute approximate surface area is 113 Å². The Bertz CT molecular complexity index is 391. The van der Waals surface area contributed by atoms with E-state index in [1.807, 2.05) is 12.1 Å². The molecule has 0 saturated heterocycles. The number of benzene rings is 1. The fourth-order valence-electron chi connectivity index (χ4n) is 1.43. The Morgan fingerprint density at radius 3 is 2.88 bits per heavy atom. The highest BCUT2D eigenvalue weighted by molar-refractivity contribution is 6.36. The van der Waals surface area contributed by atoms with Crippen molar-refractivity contribution in [2.75, 3.05) is 13.2 Å². The fraction of sp³-hybridized carbons (Fsp3) is 0.385. The van der Waals surface area contributed by atoms with E-state index in [2.05, 4.69) is 25.2 Å². The van der Waals surface area contributed by atoms with Gasteiger partial charge in [0, 0.05) is 17.6 Å². The number of hydrogen-bond donors (Lipinski definition) is 1. The van der Waals surface area contributed by atoms with Gasteiger partial charge in [-0.25, -0.2) is 0 Å². The van der Waals surface area contributed by atoms with E-state index in [-0.39, 0.29) is 0 Å². The fourth-order valence-corrected chi connectivity index (χ4v) is 1.54. The molecule has 0 atom stereocenters. The van der Waals surface area contributed by atoms with Crippen molar-refractivity contribution in [3.8, 4) is 5.75 Å². The molecule has 0 aliphatic heterocycles. The lowest BCUT2D eigenvalue weighted by Crippen LogP contribution is -2.13. The molecule has 0 amide bonds. The van der Waals surface area contributed by atoms with Crippen molar-refractivity contribution >= 4 is 23.2 Å². The number of hydrogen-bond acceptors (Lipinski definition) is 2. The van der Waals surface area contributed by atoms with Gasteiger partial charge >= 0.3 is 0 Å². The summed E-state index contributed by atoms with van der Waals surface area (Å²) in [5.41, 5.74) is 3.66. The van der Waals surface area contributed by atoms with Crippen LogP contribution in [0.5, 0.6) is 5.75 Å². The molecule has 2 nitrogen and oxygen atoms in total. The Balaban J connectivity index is 2.75. The van der Waals surface area contributed by atoms with Crippen molar-refractivity contribution in [1.29, 1.82) is 0 Å². The summed E-state index contributed by atoms with van der Waals surface area (Å²) in [4.78, 5) is 0. The standard InChI is InChI=1S/C13H17Cl2NO/c1-3-16-8-11-6-10(2)4-5-13(11)17-9-12(15)7-14/h4-7,16H,3,8-9H2,1-2H3. The molecule has 0 radical (unpaired) electrons. The van der Waals surface area contributed by atoms with E-state index in [1.54, 1.807) is 0 Å². The third kappa shape index (κ3) is 4.99. The molecule has 17 heavy (non-hydrogen) atoms. The predicted octanol–water partition coefficient (Wildman–Crippen LogP) is 3.80. The van der Waals surface area contributed by atoms with Gasteiger partial charge in [-0.15, -0.1) is 0 Å². The number of halogens is 2. The second kappa shape index (κ2) is 7.59. The minimum Gasteiger partial charge on any atom is -0.488 e. The highest BCUT2D eigenvalue weighted by Crippen LogP contribution is 2.21. The van der Waals surface area contributed by atoms with Crippen molar-refractivity contribution in [2.24, 2.45) is 0 Å². The second-order valence-electron chi connectivity index (χ2n) is 3.74. The molecule has 0 spiro atoms. The van der Waals surface area contributed by atoms with Crippen LogP contribution in [-0.4, -0.2) is 13.2 Å². The van der Waals surface area contributed by atoms with Gasteiger partial charge in [-0.2, -0.15) is 0 Å². The molecule has 1 aromatic rings. The van der Waals surface area contributed by atoms with Gasteiger partial charge in [0.2, 0.25) is 0 Å². The third-order valence-corrected chi connectivity index (χ3v) is 2.86. The third-order valence-electron chi connectivity index (χ3n) is 2.27. The largest absolute Gasteiger partial charge is 0.488 e. The molecule has 0 bridgehead atoms. The Morgan fingerprint density at radius 1 is 1.47 bits per heavy atom. The van der Waals surface area contributed by atoms with E-state index >= 15 is 0 Å². The smallest absolute Gasteiger partial charge is 0.125 e. The summed E-state index contributed by atoms with van der Waals surface area (Å²) in [5, 5.41) is 3.77. The van der Waals surface area contributed by atoms with Crippen LogP contribution in [0, 0.1) is 6.92 Å². The molecular weight excluding hydrogens is 257 g/mol. The average Bonchev–Trinajstić information content (AvgIpc) is 2.34. The number of nitrogens with one attached hydrogen (secondary N) is 1. The molecule has 1 rings (SSSR count). The molecule has 1 N–H and O–H groups in total. The van der Waals surface area contributed by atoms with Crippen LogP contribution < -0.4 is 10.1 Å². The maximum absolute atomic E-state index is 5.79. The molecule has 0 aromatic heterocycles.